The van der Waals surface area contributed by atoms with Gasteiger partial charge in [-0.25, -0.2) is 9.97 Å². The van der Waals surface area contributed by atoms with Crippen molar-refractivity contribution in [2.45, 2.75) is 33.6 Å². The largest absolute Gasteiger partial charge is 0.370 e. The van der Waals surface area contributed by atoms with Crippen LogP contribution in [-0.4, -0.2) is 16.5 Å². The lowest BCUT2D eigenvalue weighted by Gasteiger charge is -2.10. The number of hydrogen-bond acceptors (Lipinski definition) is 4. The minimum atomic E-state index is 0.838. The molecule has 2 aromatic rings. The van der Waals surface area contributed by atoms with E-state index < -0.39 is 0 Å². The fourth-order valence-electron chi connectivity index (χ4n) is 2.04. The molecular weight excluding hydrogens is 248 g/mol. The molecule has 4 heteroatoms. The van der Waals surface area contributed by atoms with Crippen molar-refractivity contribution in [3.05, 3.63) is 41.7 Å². The third-order valence-electron chi connectivity index (χ3n) is 2.89. The summed E-state index contributed by atoms with van der Waals surface area (Å²) < 4.78 is 0. The molecule has 0 amide bonds. The Balaban J connectivity index is 2.25. The summed E-state index contributed by atoms with van der Waals surface area (Å²) in [5, 5.41) is 6.60. The normalized spacial score (nSPS) is 10.3. The van der Waals surface area contributed by atoms with Gasteiger partial charge in [-0.15, -0.1) is 0 Å². The molecule has 1 aromatic carbocycles. The summed E-state index contributed by atoms with van der Waals surface area (Å²) in [6, 6.07) is 10.2. The zero-order chi connectivity index (χ0) is 14.4. The minimum absolute atomic E-state index is 0.838. The van der Waals surface area contributed by atoms with Crippen molar-refractivity contribution in [2.24, 2.45) is 0 Å². The highest BCUT2D eigenvalue weighted by Crippen LogP contribution is 2.18. The zero-order valence-corrected chi connectivity index (χ0v) is 12.4. The van der Waals surface area contributed by atoms with Crippen molar-refractivity contribution in [3.8, 4) is 0 Å². The lowest BCUT2D eigenvalue weighted by atomic mass is 10.2. The number of benzene rings is 1. The second-order valence-electron chi connectivity index (χ2n) is 4.83. The summed E-state index contributed by atoms with van der Waals surface area (Å²) in [6.07, 6.45) is 1.93. The van der Waals surface area contributed by atoms with E-state index in [0.717, 1.165) is 42.5 Å². The van der Waals surface area contributed by atoms with Crippen molar-refractivity contribution in [3.63, 3.8) is 0 Å². The average Bonchev–Trinajstić information content (AvgIpc) is 2.39. The predicted molar refractivity (Wildman–Crippen MR) is 84.7 cm³/mol. The molecule has 0 atom stereocenters. The molecule has 0 aliphatic heterocycles. The number of nitrogens with one attached hydrogen (secondary N) is 2. The van der Waals surface area contributed by atoms with Crippen LogP contribution in [0.2, 0.25) is 0 Å². The molecule has 0 saturated heterocycles. The number of anilines is 3. The summed E-state index contributed by atoms with van der Waals surface area (Å²) in [5.41, 5.74) is 2.28. The first-order valence-electron chi connectivity index (χ1n) is 7.16. The molecule has 0 unspecified atom stereocenters. The molecule has 1 heterocycles. The molecule has 0 spiro atoms. The van der Waals surface area contributed by atoms with Gasteiger partial charge in [0.1, 0.15) is 17.5 Å². The van der Waals surface area contributed by atoms with E-state index in [1.54, 1.807) is 0 Å². The number of hydrogen-bond donors (Lipinski definition) is 2. The van der Waals surface area contributed by atoms with E-state index in [9.17, 15) is 0 Å². The molecular formula is C16H22N4. The number of aryl methyl sites for hydroxylation is 2. The van der Waals surface area contributed by atoms with Crippen LogP contribution < -0.4 is 10.6 Å². The monoisotopic (exact) mass is 270 g/mol. The van der Waals surface area contributed by atoms with Crippen LogP contribution >= 0.6 is 0 Å². The third-order valence-corrected chi connectivity index (χ3v) is 2.89. The summed E-state index contributed by atoms with van der Waals surface area (Å²) in [4.78, 5) is 9.08. The molecule has 1 aromatic heterocycles. The SMILES string of the molecule is CCCc1nc(NCC)cc(Nc2cccc(C)c2)n1. The number of nitrogens with zero attached hydrogens (tertiary/aromatic N) is 2. The first kappa shape index (κ1) is 14.3. The third kappa shape index (κ3) is 3.95. The average molecular weight is 270 g/mol. The Hall–Kier alpha value is -2.10. The van der Waals surface area contributed by atoms with Gasteiger partial charge in [0.15, 0.2) is 0 Å². The van der Waals surface area contributed by atoms with E-state index in [1.807, 2.05) is 18.2 Å². The second-order valence-corrected chi connectivity index (χ2v) is 4.83. The maximum atomic E-state index is 4.57. The van der Waals surface area contributed by atoms with Gasteiger partial charge in [0.25, 0.3) is 0 Å². The van der Waals surface area contributed by atoms with Crippen LogP contribution in [0.5, 0.6) is 0 Å². The Morgan fingerprint density at radius 2 is 1.85 bits per heavy atom. The Labute approximate surface area is 120 Å². The summed E-state index contributed by atoms with van der Waals surface area (Å²) in [7, 11) is 0. The Morgan fingerprint density at radius 1 is 1.05 bits per heavy atom. The van der Waals surface area contributed by atoms with Crippen molar-refractivity contribution >= 4 is 17.3 Å². The van der Waals surface area contributed by atoms with Gasteiger partial charge < -0.3 is 10.6 Å². The van der Waals surface area contributed by atoms with E-state index in [-0.39, 0.29) is 0 Å². The predicted octanol–water partition coefficient (Wildman–Crippen LogP) is 3.91. The van der Waals surface area contributed by atoms with Crippen LogP contribution in [0, 0.1) is 6.92 Å². The van der Waals surface area contributed by atoms with Crippen molar-refractivity contribution in [1.29, 1.82) is 0 Å². The standard InChI is InChI=1S/C16H22N4/c1-4-7-14-19-15(17-5-2)11-16(20-14)18-13-9-6-8-12(3)10-13/h6,8-11H,4-5,7H2,1-3H3,(H2,17,18,19,20). The number of rotatable bonds is 6. The van der Waals surface area contributed by atoms with Crippen molar-refractivity contribution < 1.29 is 0 Å². The Bertz CT molecular complexity index is 542. The van der Waals surface area contributed by atoms with Crippen molar-refractivity contribution in [2.75, 3.05) is 17.2 Å². The lowest BCUT2D eigenvalue weighted by molar-refractivity contribution is 0.836. The van der Waals surface area contributed by atoms with Gasteiger partial charge in [0, 0.05) is 24.7 Å². The molecule has 0 aliphatic rings. The van der Waals surface area contributed by atoms with Gasteiger partial charge in [0.05, 0.1) is 0 Å². The smallest absolute Gasteiger partial charge is 0.136 e. The van der Waals surface area contributed by atoms with Crippen LogP contribution in [0.15, 0.2) is 30.3 Å². The van der Waals surface area contributed by atoms with E-state index in [1.165, 1.54) is 5.56 Å². The van der Waals surface area contributed by atoms with Crippen LogP contribution in [0.4, 0.5) is 17.3 Å². The maximum Gasteiger partial charge on any atom is 0.136 e. The van der Waals surface area contributed by atoms with E-state index in [4.69, 9.17) is 0 Å². The zero-order valence-electron chi connectivity index (χ0n) is 12.4. The van der Waals surface area contributed by atoms with Crippen LogP contribution in [-0.2, 0) is 6.42 Å². The van der Waals surface area contributed by atoms with E-state index in [2.05, 4.69) is 53.5 Å². The molecule has 2 rings (SSSR count). The highest BCUT2D eigenvalue weighted by molar-refractivity contribution is 5.59. The lowest BCUT2D eigenvalue weighted by Crippen LogP contribution is -2.06. The van der Waals surface area contributed by atoms with Gasteiger partial charge in [0.2, 0.25) is 0 Å². The molecule has 2 N–H and O–H groups in total. The molecule has 0 radical (unpaired) electrons. The molecule has 106 valence electrons. The van der Waals surface area contributed by atoms with Gasteiger partial charge in [-0.1, -0.05) is 19.1 Å². The van der Waals surface area contributed by atoms with Gasteiger partial charge in [-0.05, 0) is 38.0 Å². The highest BCUT2D eigenvalue weighted by Gasteiger charge is 2.04. The van der Waals surface area contributed by atoms with Crippen LogP contribution in [0.25, 0.3) is 0 Å². The summed E-state index contributed by atoms with van der Waals surface area (Å²) in [5.74, 6) is 2.59. The number of aromatic nitrogens is 2. The quantitative estimate of drug-likeness (QED) is 0.835. The van der Waals surface area contributed by atoms with Crippen LogP contribution in [0.3, 0.4) is 0 Å². The van der Waals surface area contributed by atoms with Crippen molar-refractivity contribution in [1.82, 2.24) is 9.97 Å². The summed E-state index contributed by atoms with van der Waals surface area (Å²) >= 11 is 0. The molecule has 0 bridgehead atoms. The Kier molecular flexibility index (Phi) is 4.93. The molecule has 20 heavy (non-hydrogen) atoms. The molecule has 0 saturated carbocycles. The highest BCUT2D eigenvalue weighted by atomic mass is 15.1. The van der Waals surface area contributed by atoms with Gasteiger partial charge >= 0.3 is 0 Å². The maximum absolute atomic E-state index is 4.57. The topological polar surface area (TPSA) is 49.8 Å². The van der Waals surface area contributed by atoms with Gasteiger partial charge in [-0.2, -0.15) is 0 Å². The Morgan fingerprint density at radius 3 is 2.55 bits per heavy atom. The van der Waals surface area contributed by atoms with Gasteiger partial charge in [-0.3, -0.25) is 0 Å². The first-order chi connectivity index (χ1) is 9.71. The van der Waals surface area contributed by atoms with E-state index >= 15 is 0 Å². The minimum Gasteiger partial charge on any atom is -0.370 e. The van der Waals surface area contributed by atoms with Crippen LogP contribution in [0.1, 0.15) is 31.7 Å². The molecule has 0 aliphatic carbocycles. The fourth-order valence-corrected chi connectivity index (χ4v) is 2.04. The van der Waals surface area contributed by atoms with E-state index in [0.29, 0.717) is 0 Å². The second kappa shape index (κ2) is 6.89. The molecule has 0 fully saturated rings. The summed E-state index contributed by atoms with van der Waals surface area (Å²) in [6.45, 7) is 7.14. The fraction of sp³-hybridized carbons (Fsp3) is 0.375. The molecule has 4 nitrogen and oxygen atoms in total. The first-order valence-corrected chi connectivity index (χ1v) is 7.16.